The van der Waals surface area contributed by atoms with Gasteiger partial charge in [0.15, 0.2) is 0 Å². The first kappa shape index (κ1) is 14.2. The van der Waals surface area contributed by atoms with E-state index in [0.717, 1.165) is 24.3 Å². The summed E-state index contributed by atoms with van der Waals surface area (Å²) in [4.78, 5) is 2.66. The van der Waals surface area contributed by atoms with Crippen molar-refractivity contribution in [3.05, 3.63) is 0 Å². The summed E-state index contributed by atoms with van der Waals surface area (Å²) in [7, 11) is 2.35. The third-order valence-corrected chi connectivity index (χ3v) is 7.85. The Bertz CT molecular complexity index is 322. The molecule has 19 heavy (non-hydrogen) atoms. The Kier molecular flexibility index (Phi) is 4.17. The van der Waals surface area contributed by atoms with Gasteiger partial charge in [0.05, 0.1) is 0 Å². The molecule has 0 amide bonds. The van der Waals surface area contributed by atoms with Gasteiger partial charge in [0, 0.05) is 23.9 Å². The van der Waals surface area contributed by atoms with Crippen molar-refractivity contribution in [1.29, 1.82) is 0 Å². The lowest BCUT2D eigenvalue weighted by molar-refractivity contribution is 0.0803. The van der Waals surface area contributed by atoms with Crippen molar-refractivity contribution >= 4 is 11.8 Å². The second-order valence-corrected chi connectivity index (χ2v) is 8.69. The molecule has 3 aliphatic rings. The maximum absolute atomic E-state index is 6.22. The van der Waals surface area contributed by atoms with Crippen LogP contribution < -0.4 is 5.73 Å². The Hall–Kier alpha value is 0.270. The largest absolute Gasteiger partial charge is 0.329 e. The van der Waals surface area contributed by atoms with Crippen LogP contribution in [-0.4, -0.2) is 41.6 Å². The number of thioether (sulfide) groups is 1. The van der Waals surface area contributed by atoms with Crippen LogP contribution in [-0.2, 0) is 0 Å². The molecular formula is C16H30N2S. The van der Waals surface area contributed by atoms with E-state index in [-0.39, 0.29) is 5.54 Å². The Labute approximate surface area is 122 Å². The van der Waals surface area contributed by atoms with E-state index in [2.05, 4.69) is 30.6 Å². The predicted octanol–water partition coefficient (Wildman–Crippen LogP) is 2.97. The molecule has 5 unspecified atom stereocenters. The highest BCUT2D eigenvalue weighted by atomic mass is 32.2. The van der Waals surface area contributed by atoms with Crippen molar-refractivity contribution in [2.24, 2.45) is 23.5 Å². The average molecular weight is 282 g/mol. The molecule has 1 aliphatic heterocycles. The first-order valence-electron chi connectivity index (χ1n) is 8.18. The Morgan fingerprint density at radius 3 is 2.74 bits per heavy atom. The van der Waals surface area contributed by atoms with Gasteiger partial charge in [-0.15, -0.1) is 0 Å². The fourth-order valence-electron chi connectivity index (χ4n) is 5.06. The third-order valence-electron chi connectivity index (χ3n) is 6.39. The molecule has 3 rings (SSSR count). The molecule has 2 nitrogen and oxygen atoms in total. The zero-order chi connectivity index (χ0) is 13.5. The summed E-state index contributed by atoms with van der Waals surface area (Å²) in [6, 6.07) is 0. The maximum atomic E-state index is 6.22. The van der Waals surface area contributed by atoms with E-state index in [4.69, 9.17) is 5.73 Å². The van der Waals surface area contributed by atoms with E-state index in [1.54, 1.807) is 0 Å². The summed E-state index contributed by atoms with van der Waals surface area (Å²) in [6.45, 7) is 4.52. The molecule has 3 heteroatoms. The van der Waals surface area contributed by atoms with Crippen LogP contribution in [0.15, 0.2) is 0 Å². The van der Waals surface area contributed by atoms with Crippen LogP contribution in [0.3, 0.4) is 0 Å². The van der Waals surface area contributed by atoms with Crippen LogP contribution in [0.5, 0.6) is 0 Å². The number of hydrogen-bond donors (Lipinski definition) is 1. The molecular weight excluding hydrogens is 252 g/mol. The summed E-state index contributed by atoms with van der Waals surface area (Å²) in [5.74, 6) is 4.39. The lowest BCUT2D eigenvalue weighted by Gasteiger charge is -2.49. The zero-order valence-corrected chi connectivity index (χ0v) is 13.4. The molecule has 2 bridgehead atoms. The highest BCUT2D eigenvalue weighted by molar-refractivity contribution is 8.00. The summed E-state index contributed by atoms with van der Waals surface area (Å²) >= 11 is 2.13. The first-order valence-corrected chi connectivity index (χ1v) is 9.23. The summed E-state index contributed by atoms with van der Waals surface area (Å²) in [5, 5.41) is 0.690. The van der Waals surface area contributed by atoms with E-state index in [0.29, 0.717) is 5.25 Å². The van der Waals surface area contributed by atoms with Gasteiger partial charge >= 0.3 is 0 Å². The van der Waals surface area contributed by atoms with Gasteiger partial charge in [0.25, 0.3) is 0 Å². The van der Waals surface area contributed by atoms with Crippen LogP contribution in [0.4, 0.5) is 0 Å². The molecule has 2 saturated carbocycles. The number of nitrogens with two attached hydrogens (primary N) is 1. The quantitative estimate of drug-likeness (QED) is 0.859. The molecule has 0 radical (unpaired) electrons. The predicted molar refractivity (Wildman–Crippen MR) is 84.5 cm³/mol. The molecule has 2 aliphatic carbocycles. The van der Waals surface area contributed by atoms with Gasteiger partial charge in [-0.3, -0.25) is 4.90 Å². The van der Waals surface area contributed by atoms with Gasteiger partial charge in [-0.1, -0.05) is 13.3 Å². The van der Waals surface area contributed by atoms with Gasteiger partial charge in [-0.2, -0.15) is 11.8 Å². The summed E-state index contributed by atoms with van der Waals surface area (Å²) < 4.78 is 0. The van der Waals surface area contributed by atoms with E-state index >= 15 is 0 Å². The SMILES string of the molecule is CC1SCCCC1(CN)N(C)CC1CC2CCC1C2. The van der Waals surface area contributed by atoms with Gasteiger partial charge in [-0.05, 0) is 62.7 Å². The molecule has 3 fully saturated rings. The molecule has 0 aromatic heterocycles. The number of hydrogen-bond acceptors (Lipinski definition) is 3. The Morgan fingerprint density at radius 2 is 2.16 bits per heavy atom. The van der Waals surface area contributed by atoms with Gasteiger partial charge in [0.1, 0.15) is 0 Å². The van der Waals surface area contributed by atoms with E-state index in [1.165, 1.54) is 50.8 Å². The standard InChI is InChI=1S/C16H30N2S/c1-12-16(11-17,6-3-7-19-12)18(2)10-15-9-13-4-5-14(15)8-13/h12-15H,3-11,17H2,1-2H3. The lowest BCUT2D eigenvalue weighted by atomic mass is 9.84. The van der Waals surface area contributed by atoms with E-state index in [1.807, 2.05) is 0 Å². The molecule has 1 saturated heterocycles. The number of fused-ring (bicyclic) bond motifs is 2. The minimum atomic E-state index is 0.269. The normalized spacial score (nSPS) is 46.1. The van der Waals surface area contributed by atoms with E-state index in [9.17, 15) is 0 Å². The molecule has 0 aromatic rings. The van der Waals surface area contributed by atoms with Crippen LogP contribution in [0, 0.1) is 17.8 Å². The van der Waals surface area contributed by atoms with E-state index < -0.39 is 0 Å². The molecule has 0 spiro atoms. The average Bonchev–Trinajstić information content (AvgIpc) is 3.01. The number of rotatable bonds is 4. The smallest absolute Gasteiger partial charge is 0.0444 e. The van der Waals surface area contributed by atoms with Crippen molar-refractivity contribution in [2.75, 3.05) is 25.9 Å². The molecule has 2 N–H and O–H groups in total. The lowest BCUT2D eigenvalue weighted by Crippen LogP contribution is -2.60. The minimum absolute atomic E-state index is 0.269. The van der Waals surface area contributed by atoms with Crippen molar-refractivity contribution in [3.63, 3.8) is 0 Å². The molecule has 110 valence electrons. The second-order valence-electron chi connectivity index (χ2n) is 7.24. The topological polar surface area (TPSA) is 29.3 Å². The van der Waals surface area contributed by atoms with Gasteiger partial charge in [0.2, 0.25) is 0 Å². The summed E-state index contributed by atoms with van der Waals surface area (Å²) in [6.07, 6.45) is 8.68. The monoisotopic (exact) mass is 282 g/mol. The number of nitrogens with zero attached hydrogens (tertiary/aromatic N) is 1. The van der Waals surface area contributed by atoms with Crippen LogP contribution in [0.1, 0.15) is 45.4 Å². The zero-order valence-electron chi connectivity index (χ0n) is 12.6. The van der Waals surface area contributed by atoms with Crippen LogP contribution >= 0.6 is 11.8 Å². The van der Waals surface area contributed by atoms with Gasteiger partial charge in [-0.25, -0.2) is 0 Å². The second kappa shape index (κ2) is 5.57. The fourth-order valence-corrected chi connectivity index (χ4v) is 6.42. The fraction of sp³-hybridized carbons (Fsp3) is 1.00. The van der Waals surface area contributed by atoms with Crippen molar-refractivity contribution < 1.29 is 0 Å². The highest BCUT2D eigenvalue weighted by Gasteiger charge is 2.45. The Balaban J connectivity index is 1.66. The number of likely N-dealkylation sites (N-methyl/N-ethyl adjacent to an activating group) is 1. The Morgan fingerprint density at radius 1 is 1.32 bits per heavy atom. The minimum Gasteiger partial charge on any atom is -0.329 e. The molecule has 0 aromatic carbocycles. The third kappa shape index (κ3) is 2.47. The molecule has 5 atom stereocenters. The molecule has 1 heterocycles. The van der Waals surface area contributed by atoms with Crippen LogP contribution in [0.2, 0.25) is 0 Å². The maximum Gasteiger partial charge on any atom is 0.0444 e. The first-order chi connectivity index (χ1) is 9.15. The van der Waals surface area contributed by atoms with Gasteiger partial charge < -0.3 is 5.73 Å². The van der Waals surface area contributed by atoms with Crippen molar-refractivity contribution in [3.8, 4) is 0 Å². The van der Waals surface area contributed by atoms with Crippen molar-refractivity contribution in [1.82, 2.24) is 4.90 Å². The highest BCUT2D eigenvalue weighted by Crippen LogP contribution is 2.49. The van der Waals surface area contributed by atoms with Crippen LogP contribution in [0.25, 0.3) is 0 Å². The summed E-state index contributed by atoms with van der Waals surface area (Å²) in [5.41, 5.74) is 6.49. The van der Waals surface area contributed by atoms with Crippen molar-refractivity contribution in [2.45, 2.75) is 56.2 Å².